The molecule has 1 nitrogen and oxygen atoms in total. The van der Waals surface area contributed by atoms with Crippen LogP contribution in [-0.4, -0.2) is 6.54 Å². The van der Waals surface area contributed by atoms with E-state index in [2.05, 4.69) is 44.1 Å². The minimum atomic E-state index is -0.250. The third-order valence-corrected chi connectivity index (χ3v) is 6.05. The molecule has 20 heavy (non-hydrogen) atoms. The van der Waals surface area contributed by atoms with E-state index in [-0.39, 0.29) is 11.9 Å². The highest BCUT2D eigenvalue weighted by Gasteiger charge is 2.20. The maximum absolute atomic E-state index is 13.3. The van der Waals surface area contributed by atoms with Crippen molar-refractivity contribution in [1.82, 2.24) is 5.32 Å². The van der Waals surface area contributed by atoms with E-state index >= 15 is 0 Å². The minimum Gasteiger partial charge on any atom is -0.306 e. The predicted molar refractivity (Wildman–Crippen MR) is 91.3 cm³/mol. The lowest BCUT2D eigenvalue weighted by molar-refractivity contribution is 0.596. The molecule has 0 aliphatic rings. The van der Waals surface area contributed by atoms with Crippen molar-refractivity contribution >= 4 is 54.8 Å². The number of hydrogen-bond donors (Lipinski definition) is 1. The number of halogens is 4. The second-order valence-corrected chi connectivity index (χ2v) is 7.72. The van der Waals surface area contributed by atoms with Crippen LogP contribution in [0.1, 0.15) is 29.8 Å². The normalized spacial score (nSPS) is 12.7. The summed E-state index contributed by atoms with van der Waals surface area (Å²) in [4.78, 5) is 1.10. The molecule has 1 N–H and O–H groups in total. The Bertz CT molecular complexity index is 583. The molecule has 0 saturated heterocycles. The van der Waals surface area contributed by atoms with Crippen LogP contribution in [0.5, 0.6) is 0 Å². The Balaban J connectivity index is 2.41. The van der Waals surface area contributed by atoms with Gasteiger partial charge in [0.2, 0.25) is 0 Å². The van der Waals surface area contributed by atoms with E-state index in [1.165, 1.54) is 23.5 Å². The highest BCUT2D eigenvalue weighted by Crippen LogP contribution is 2.39. The van der Waals surface area contributed by atoms with Gasteiger partial charge in [-0.25, -0.2) is 4.39 Å². The summed E-state index contributed by atoms with van der Waals surface area (Å²) in [6.07, 6.45) is 1.02. The zero-order valence-corrected chi connectivity index (χ0v) is 15.5. The van der Waals surface area contributed by atoms with Gasteiger partial charge in [-0.05, 0) is 52.7 Å². The van der Waals surface area contributed by atoms with Gasteiger partial charge in [-0.1, -0.05) is 40.5 Å². The summed E-state index contributed by atoms with van der Waals surface area (Å²) >= 11 is 14.5. The molecule has 2 aromatic rings. The van der Waals surface area contributed by atoms with Crippen LogP contribution in [0.3, 0.4) is 0 Å². The maximum Gasteiger partial charge on any atom is 0.124 e. The zero-order valence-electron chi connectivity index (χ0n) is 10.7. The Kier molecular flexibility index (Phi) is 6.05. The number of benzene rings is 1. The smallest absolute Gasteiger partial charge is 0.124 e. The van der Waals surface area contributed by atoms with E-state index in [0.29, 0.717) is 0 Å². The minimum absolute atomic E-state index is 0.00118. The Morgan fingerprint density at radius 1 is 1.30 bits per heavy atom. The lowest BCUT2D eigenvalue weighted by Gasteiger charge is -2.19. The average Bonchev–Trinajstić information content (AvgIpc) is 2.72. The van der Waals surface area contributed by atoms with Crippen molar-refractivity contribution in [2.45, 2.75) is 19.4 Å². The molecular formula is C14H13Br2ClFNS. The molecule has 1 aromatic carbocycles. The molecule has 108 valence electrons. The summed E-state index contributed by atoms with van der Waals surface area (Å²) in [5, 5.41) is 3.48. The van der Waals surface area contributed by atoms with Crippen LogP contribution >= 0.6 is 54.8 Å². The average molecular weight is 442 g/mol. The van der Waals surface area contributed by atoms with Gasteiger partial charge in [0.25, 0.3) is 0 Å². The maximum atomic E-state index is 13.3. The molecule has 1 atom stereocenters. The Morgan fingerprint density at radius 3 is 2.60 bits per heavy atom. The second kappa shape index (κ2) is 7.36. The van der Waals surface area contributed by atoms with Crippen LogP contribution in [0.2, 0.25) is 4.34 Å². The van der Waals surface area contributed by atoms with Gasteiger partial charge in [-0.15, -0.1) is 11.3 Å². The number of nitrogens with one attached hydrogen (secondary N) is 1. The van der Waals surface area contributed by atoms with Crippen LogP contribution in [0, 0.1) is 5.82 Å². The molecule has 0 amide bonds. The molecule has 1 aromatic heterocycles. The summed E-state index contributed by atoms with van der Waals surface area (Å²) in [6, 6.07) is 6.77. The number of rotatable bonds is 5. The summed E-state index contributed by atoms with van der Waals surface area (Å²) in [6.45, 7) is 2.99. The van der Waals surface area contributed by atoms with Crippen molar-refractivity contribution in [3.8, 4) is 0 Å². The van der Waals surface area contributed by atoms with Crippen molar-refractivity contribution in [3.63, 3.8) is 0 Å². The summed E-state index contributed by atoms with van der Waals surface area (Å²) in [7, 11) is 0. The molecule has 2 rings (SSSR count). The van der Waals surface area contributed by atoms with Gasteiger partial charge in [0.1, 0.15) is 10.2 Å². The molecule has 6 heteroatoms. The van der Waals surface area contributed by atoms with Crippen molar-refractivity contribution in [2.75, 3.05) is 6.54 Å². The first-order valence-corrected chi connectivity index (χ1v) is 8.94. The Hall–Kier alpha value is 0.0600. The molecule has 0 saturated carbocycles. The Morgan fingerprint density at radius 2 is 2.05 bits per heavy atom. The van der Waals surface area contributed by atoms with E-state index in [4.69, 9.17) is 11.6 Å². The first-order valence-electron chi connectivity index (χ1n) is 6.16. The number of thiophene rings is 1. The fraction of sp³-hybridized carbons (Fsp3) is 0.286. The van der Waals surface area contributed by atoms with Crippen LogP contribution < -0.4 is 5.32 Å². The molecule has 0 aliphatic heterocycles. The van der Waals surface area contributed by atoms with E-state index in [1.807, 2.05) is 6.07 Å². The first-order chi connectivity index (χ1) is 9.52. The molecule has 1 heterocycles. The van der Waals surface area contributed by atoms with Gasteiger partial charge >= 0.3 is 0 Å². The van der Waals surface area contributed by atoms with Gasteiger partial charge in [-0.2, -0.15) is 0 Å². The van der Waals surface area contributed by atoms with Gasteiger partial charge in [0, 0.05) is 13.8 Å². The SMILES string of the molecule is CCCNC(c1cc(Br)c(Cl)s1)c1ccc(F)cc1Br. The third-order valence-electron chi connectivity index (χ3n) is 2.82. The van der Waals surface area contributed by atoms with Crippen LogP contribution in [0.25, 0.3) is 0 Å². The van der Waals surface area contributed by atoms with Gasteiger partial charge < -0.3 is 5.32 Å². The van der Waals surface area contributed by atoms with Gasteiger partial charge in [0.15, 0.2) is 0 Å². The van der Waals surface area contributed by atoms with Gasteiger partial charge in [-0.3, -0.25) is 0 Å². The topological polar surface area (TPSA) is 12.0 Å². The standard InChI is InChI=1S/C14H13Br2ClFNS/c1-2-5-19-13(12-7-11(16)14(17)20-12)9-4-3-8(18)6-10(9)15/h3-4,6-7,13,19H,2,5H2,1H3. The highest BCUT2D eigenvalue weighted by molar-refractivity contribution is 9.10. The summed E-state index contributed by atoms with van der Waals surface area (Å²) in [5.41, 5.74) is 1.00. The molecule has 0 spiro atoms. The number of hydrogen-bond acceptors (Lipinski definition) is 2. The van der Waals surface area contributed by atoms with E-state index in [1.54, 1.807) is 6.07 Å². The molecular weight excluding hydrogens is 428 g/mol. The quantitative estimate of drug-likeness (QED) is 0.586. The van der Waals surface area contributed by atoms with Crippen molar-refractivity contribution in [1.29, 1.82) is 0 Å². The molecule has 0 bridgehead atoms. The van der Waals surface area contributed by atoms with Gasteiger partial charge in [0.05, 0.1) is 6.04 Å². The Labute approximate surface area is 143 Å². The first kappa shape index (κ1) is 16.4. The molecule has 0 radical (unpaired) electrons. The van der Waals surface area contributed by atoms with Crippen molar-refractivity contribution in [2.24, 2.45) is 0 Å². The largest absolute Gasteiger partial charge is 0.306 e. The second-order valence-electron chi connectivity index (χ2n) is 4.32. The van der Waals surface area contributed by atoms with Crippen molar-refractivity contribution < 1.29 is 4.39 Å². The highest BCUT2D eigenvalue weighted by atomic mass is 79.9. The van der Waals surface area contributed by atoms with Crippen LogP contribution in [0.15, 0.2) is 33.2 Å². The lowest BCUT2D eigenvalue weighted by Crippen LogP contribution is -2.22. The summed E-state index contributed by atoms with van der Waals surface area (Å²) < 4.78 is 15.6. The van der Waals surface area contributed by atoms with E-state index < -0.39 is 0 Å². The fourth-order valence-electron chi connectivity index (χ4n) is 1.89. The molecule has 0 aliphatic carbocycles. The monoisotopic (exact) mass is 439 g/mol. The van der Waals surface area contributed by atoms with Crippen molar-refractivity contribution in [3.05, 3.63) is 53.8 Å². The van der Waals surface area contributed by atoms with Crippen LogP contribution in [-0.2, 0) is 0 Å². The van der Waals surface area contributed by atoms with E-state index in [9.17, 15) is 4.39 Å². The fourth-order valence-corrected chi connectivity index (χ4v) is 4.30. The summed E-state index contributed by atoms with van der Waals surface area (Å²) in [5.74, 6) is -0.250. The predicted octanol–water partition coefficient (Wildman–Crippen LogP) is 6.15. The lowest BCUT2D eigenvalue weighted by atomic mass is 10.1. The zero-order chi connectivity index (χ0) is 14.7. The third kappa shape index (κ3) is 3.83. The van der Waals surface area contributed by atoms with Crippen LogP contribution in [0.4, 0.5) is 4.39 Å². The molecule has 1 unspecified atom stereocenters. The van der Waals surface area contributed by atoms with E-state index in [0.717, 1.165) is 36.7 Å². The molecule has 0 fully saturated rings.